The number of hydrogen-bond acceptors (Lipinski definition) is 4. The lowest BCUT2D eigenvalue weighted by Crippen LogP contribution is -2.21. The Morgan fingerprint density at radius 3 is 1.96 bits per heavy atom. The molecule has 0 radical (unpaired) electrons. The van der Waals surface area contributed by atoms with Gasteiger partial charge in [-0.05, 0) is 29.5 Å². The SMILES string of the molecule is COc1ccc(C2=C(SC(F)(F)F)C(=O)c3ccccc3C2=O)cc1. The van der Waals surface area contributed by atoms with Gasteiger partial charge < -0.3 is 4.74 Å². The van der Waals surface area contributed by atoms with Gasteiger partial charge >= 0.3 is 5.51 Å². The largest absolute Gasteiger partial charge is 0.497 e. The van der Waals surface area contributed by atoms with Gasteiger partial charge in [0.1, 0.15) is 5.75 Å². The average molecular weight is 364 g/mol. The van der Waals surface area contributed by atoms with Gasteiger partial charge in [-0.3, -0.25) is 9.59 Å². The molecule has 2 aromatic rings. The number of fused-ring (bicyclic) bond motifs is 1. The maximum absolute atomic E-state index is 13.0. The standard InChI is InChI=1S/C18H11F3O3S/c1-24-11-8-6-10(7-9-11)14-15(22)12-4-2-3-5-13(12)16(23)17(14)25-18(19,20)21/h2-9H,1H3. The van der Waals surface area contributed by atoms with E-state index in [1.165, 1.54) is 49.6 Å². The molecule has 0 spiro atoms. The number of carbonyl (C=O) groups excluding carboxylic acids is 2. The van der Waals surface area contributed by atoms with Gasteiger partial charge in [0, 0.05) is 16.7 Å². The molecule has 2 aromatic carbocycles. The summed E-state index contributed by atoms with van der Waals surface area (Å²) in [6.07, 6.45) is 0. The third-order valence-electron chi connectivity index (χ3n) is 3.67. The molecule has 0 N–H and O–H groups in total. The van der Waals surface area contributed by atoms with Crippen molar-refractivity contribution in [1.82, 2.24) is 0 Å². The number of Topliss-reactive ketones (excluding diaryl/α,β-unsaturated/α-hetero) is 2. The first kappa shape index (κ1) is 17.3. The fourth-order valence-corrected chi connectivity index (χ4v) is 3.33. The number of carbonyl (C=O) groups is 2. The Morgan fingerprint density at radius 1 is 0.880 bits per heavy atom. The Kier molecular flexibility index (Phi) is 4.43. The molecule has 1 aliphatic carbocycles. The molecule has 0 unspecified atom stereocenters. The van der Waals surface area contributed by atoms with Gasteiger partial charge in [0.15, 0.2) is 5.78 Å². The maximum atomic E-state index is 13.0. The third-order valence-corrected chi connectivity index (χ3v) is 4.50. The lowest BCUT2D eigenvalue weighted by molar-refractivity contribution is -0.0322. The molecule has 0 saturated carbocycles. The highest BCUT2D eigenvalue weighted by atomic mass is 32.2. The first-order valence-electron chi connectivity index (χ1n) is 7.14. The minimum Gasteiger partial charge on any atom is -0.497 e. The van der Waals surface area contributed by atoms with Crippen LogP contribution in [0.3, 0.4) is 0 Å². The second-order valence-electron chi connectivity index (χ2n) is 5.18. The molecule has 0 aliphatic heterocycles. The van der Waals surface area contributed by atoms with Crippen LogP contribution >= 0.6 is 11.8 Å². The van der Waals surface area contributed by atoms with Crippen LogP contribution in [0.4, 0.5) is 13.2 Å². The quantitative estimate of drug-likeness (QED) is 0.789. The van der Waals surface area contributed by atoms with Gasteiger partial charge in [0.05, 0.1) is 12.0 Å². The zero-order chi connectivity index (χ0) is 18.2. The van der Waals surface area contributed by atoms with Crippen molar-refractivity contribution >= 4 is 28.9 Å². The van der Waals surface area contributed by atoms with Gasteiger partial charge in [-0.2, -0.15) is 13.2 Å². The van der Waals surface area contributed by atoms with Crippen molar-refractivity contribution < 1.29 is 27.5 Å². The minimum atomic E-state index is -4.69. The predicted octanol–water partition coefficient (Wildman–Crippen LogP) is 4.74. The van der Waals surface area contributed by atoms with E-state index in [9.17, 15) is 22.8 Å². The normalized spacial score (nSPS) is 14.6. The number of halogens is 3. The van der Waals surface area contributed by atoms with Crippen molar-refractivity contribution in [1.29, 1.82) is 0 Å². The highest BCUT2D eigenvalue weighted by molar-refractivity contribution is 8.05. The van der Waals surface area contributed by atoms with Gasteiger partial charge in [0.25, 0.3) is 0 Å². The predicted molar refractivity (Wildman–Crippen MR) is 88.7 cm³/mol. The number of methoxy groups -OCH3 is 1. The first-order valence-corrected chi connectivity index (χ1v) is 7.96. The fraction of sp³-hybridized carbons (Fsp3) is 0.111. The van der Waals surface area contributed by atoms with Crippen LogP contribution in [0, 0.1) is 0 Å². The van der Waals surface area contributed by atoms with Crippen molar-refractivity contribution in [2.45, 2.75) is 5.51 Å². The number of rotatable bonds is 3. The summed E-state index contributed by atoms with van der Waals surface area (Å²) in [5.74, 6) is -0.917. The van der Waals surface area contributed by atoms with Gasteiger partial charge in [0.2, 0.25) is 5.78 Å². The Morgan fingerprint density at radius 2 is 1.44 bits per heavy atom. The van der Waals surface area contributed by atoms with E-state index in [-0.39, 0.29) is 22.3 Å². The van der Waals surface area contributed by atoms with E-state index < -0.39 is 33.7 Å². The summed E-state index contributed by atoms with van der Waals surface area (Å²) in [6.45, 7) is 0. The Labute approximate surface area is 145 Å². The molecule has 25 heavy (non-hydrogen) atoms. The molecule has 0 saturated heterocycles. The Hall–Kier alpha value is -2.54. The van der Waals surface area contributed by atoms with Crippen LogP contribution in [-0.4, -0.2) is 24.2 Å². The van der Waals surface area contributed by atoms with E-state index in [0.717, 1.165) is 0 Å². The molecule has 3 nitrogen and oxygen atoms in total. The zero-order valence-corrected chi connectivity index (χ0v) is 13.7. The van der Waals surface area contributed by atoms with Crippen LogP contribution in [0.1, 0.15) is 26.3 Å². The van der Waals surface area contributed by atoms with E-state index in [1.54, 1.807) is 6.07 Å². The molecule has 1 aliphatic rings. The first-order chi connectivity index (χ1) is 11.8. The second-order valence-corrected chi connectivity index (χ2v) is 6.26. The third kappa shape index (κ3) is 3.32. The average Bonchev–Trinajstić information content (AvgIpc) is 2.59. The summed E-state index contributed by atoms with van der Waals surface area (Å²) in [4.78, 5) is 24.8. The van der Waals surface area contributed by atoms with Crippen molar-refractivity contribution in [3.8, 4) is 5.75 Å². The van der Waals surface area contributed by atoms with Crippen LogP contribution in [0.25, 0.3) is 5.57 Å². The monoisotopic (exact) mass is 364 g/mol. The summed E-state index contributed by atoms with van der Waals surface area (Å²) in [6, 6.07) is 11.8. The Bertz CT molecular complexity index is 883. The van der Waals surface area contributed by atoms with Gasteiger partial charge in [-0.25, -0.2) is 0 Å². The molecule has 7 heteroatoms. The summed E-state index contributed by atoms with van der Waals surface area (Å²) >= 11 is -0.556. The highest BCUT2D eigenvalue weighted by Crippen LogP contribution is 2.45. The van der Waals surface area contributed by atoms with E-state index in [2.05, 4.69) is 0 Å². The van der Waals surface area contributed by atoms with Gasteiger partial charge in [-0.15, -0.1) is 0 Å². The van der Waals surface area contributed by atoms with Gasteiger partial charge in [-0.1, -0.05) is 36.4 Å². The van der Waals surface area contributed by atoms with Crippen LogP contribution in [-0.2, 0) is 0 Å². The Balaban J connectivity index is 2.21. The number of ether oxygens (including phenoxy) is 1. The lowest BCUT2D eigenvalue weighted by atomic mass is 9.86. The van der Waals surface area contributed by atoms with Crippen LogP contribution in [0.15, 0.2) is 53.4 Å². The zero-order valence-electron chi connectivity index (χ0n) is 12.9. The topological polar surface area (TPSA) is 43.4 Å². The smallest absolute Gasteiger partial charge is 0.446 e. The summed E-state index contributed by atoms with van der Waals surface area (Å²) in [5.41, 5.74) is -4.61. The van der Waals surface area contributed by atoms with Crippen LogP contribution in [0.2, 0.25) is 0 Å². The highest BCUT2D eigenvalue weighted by Gasteiger charge is 2.40. The summed E-state index contributed by atoms with van der Waals surface area (Å²) < 4.78 is 43.9. The molecule has 0 atom stereocenters. The number of benzene rings is 2. The lowest BCUT2D eigenvalue weighted by Gasteiger charge is -2.21. The van der Waals surface area contributed by atoms with E-state index in [0.29, 0.717) is 5.75 Å². The molecular weight excluding hydrogens is 353 g/mol. The molecule has 128 valence electrons. The molecule has 0 fully saturated rings. The molecule has 0 aromatic heterocycles. The number of hydrogen-bond donors (Lipinski definition) is 0. The molecule has 3 rings (SSSR count). The van der Waals surface area contributed by atoms with E-state index in [1.807, 2.05) is 0 Å². The summed E-state index contributed by atoms with van der Waals surface area (Å²) in [5, 5.41) is 0. The molecular formula is C18H11F3O3S. The van der Waals surface area contributed by atoms with Crippen molar-refractivity contribution in [2.75, 3.05) is 7.11 Å². The van der Waals surface area contributed by atoms with Crippen LogP contribution in [0.5, 0.6) is 5.75 Å². The second kappa shape index (κ2) is 6.40. The molecule has 0 bridgehead atoms. The molecule has 0 heterocycles. The number of ketones is 2. The minimum absolute atomic E-state index is 0.0171. The van der Waals surface area contributed by atoms with Crippen molar-refractivity contribution in [3.63, 3.8) is 0 Å². The van der Waals surface area contributed by atoms with Crippen molar-refractivity contribution in [2.24, 2.45) is 0 Å². The van der Waals surface area contributed by atoms with E-state index in [4.69, 9.17) is 4.74 Å². The number of thioether (sulfide) groups is 1. The number of allylic oxidation sites excluding steroid dienone is 2. The number of alkyl halides is 3. The van der Waals surface area contributed by atoms with Crippen LogP contribution < -0.4 is 4.74 Å². The van der Waals surface area contributed by atoms with Crippen molar-refractivity contribution in [3.05, 3.63) is 70.1 Å². The summed E-state index contributed by atoms with van der Waals surface area (Å²) in [7, 11) is 1.45. The maximum Gasteiger partial charge on any atom is 0.446 e. The molecule has 0 amide bonds. The van der Waals surface area contributed by atoms with E-state index >= 15 is 0 Å². The fourth-order valence-electron chi connectivity index (χ4n) is 2.59.